The predicted molar refractivity (Wildman–Crippen MR) is 51.1 cm³/mol. The van der Waals surface area contributed by atoms with E-state index in [0.29, 0.717) is 0 Å². The Morgan fingerprint density at radius 3 is 2.15 bits per heavy atom. The van der Waals surface area contributed by atoms with Crippen molar-refractivity contribution in [3.05, 3.63) is 0 Å². The van der Waals surface area contributed by atoms with Gasteiger partial charge in [-0.2, -0.15) is 0 Å². The van der Waals surface area contributed by atoms with Gasteiger partial charge in [0, 0.05) is 0 Å². The van der Waals surface area contributed by atoms with Gasteiger partial charge < -0.3 is 5.11 Å². The van der Waals surface area contributed by atoms with Crippen LogP contribution in [0.3, 0.4) is 0 Å². The minimum Gasteiger partial charge on any atom is -0.480 e. The first-order valence-electron chi connectivity index (χ1n) is 3.83. The third kappa shape index (κ3) is 2.18. The van der Waals surface area contributed by atoms with E-state index >= 15 is 0 Å². The van der Waals surface area contributed by atoms with Crippen molar-refractivity contribution in [2.45, 2.75) is 18.4 Å². The maximum Gasteiger partial charge on any atom is 0.324 e. The highest BCUT2D eigenvalue weighted by molar-refractivity contribution is 7.91. The zero-order valence-corrected chi connectivity index (χ0v) is 8.96. The topological polar surface area (TPSA) is 83.5 Å². The van der Waals surface area contributed by atoms with Gasteiger partial charge in [0.25, 0.3) is 0 Å². The maximum atomic E-state index is 11.0. The van der Waals surface area contributed by atoms with Crippen LogP contribution in [0.1, 0.15) is 12.8 Å². The summed E-state index contributed by atoms with van der Waals surface area (Å²) < 4.78 is 22.1. The van der Waals surface area contributed by atoms with Crippen LogP contribution in [-0.4, -0.2) is 36.5 Å². The van der Waals surface area contributed by atoms with Crippen molar-refractivity contribution in [3.8, 4) is 0 Å². The molecule has 1 aliphatic heterocycles. The fourth-order valence-electron chi connectivity index (χ4n) is 1.31. The first-order valence-corrected chi connectivity index (χ1v) is 6.23. The van der Waals surface area contributed by atoms with Crippen LogP contribution in [0.25, 0.3) is 0 Å². The predicted octanol–water partition coefficient (Wildman–Crippen LogP) is -0.602. The van der Waals surface area contributed by atoms with Crippen LogP contribution in [0.2, 0.25) is 0 Å². The van der Waals surface area contributed by atoms with E-state index in [1.807, 2.05) is 0 Å². The summed E-state index contributed by atoms with van der Waals surface area (Å²) in [5.41, 5.74) is -1.07. The van der Waals surface area contributed by atoms with Crippen LogP contribution < -0.4 is 5.09 Å². The Kier molecular flexibility index (Phi) is 2.95. The molecule has 0 aliphatic carbocycles. The fraction of sp³-hybridized carbons (Fsp3) is 0.833. The van der Waals surface area contributed by atoms with Gasteiger partial charge in [-0.15, -0.1) is 0 Å². The minimum absolute atomic E-state index is 0.0549. The normalized spacial score (nSPS) is 25.3. The number of carbonyl (C=O) groups is 1. The lowest BCUT2D eigenvalue weighted by atomic mass is 9.94. The molecule has 1 fully saturated rings. The molecule has 0 saturated carbocycles. The van der Waals surface area contributed by atoms with Crippen LogP contribution in [0.15, 0.2) is 0 Å². The summed E-state index contributed by atoms with van der Waals surface area (Å²) in [5.74, 6) is -1.10. The maximum absolute atomic E-state index is 11.0. The third-order valence-electron chi connectivity index (χ3n) is 2.37. The monoisotopic (exact) mass is 225 g/mol. The molecule has 13 heavy (non-hydrogen) atoms. The summed E-state index contributed by atoms with van der Waals surface area (Å²) in [7, 11) is -0.870. The number of hydrogen-bond donors (Lipinski definition) is 2. The van der Waals surface area contributed by atoms with Gasteiger partial charge in [-0.05, 0) is 12.8 Å². The molecule has 76 valence electrons. The summed E-state index contributed by atoms with van der Waals surface area (Å²) in [6.45, 7) is 0. The van der Waals surface area contributed by atoms with E-state index in [1.54, 1.807) is 0 Å². The van der Waals surface area contributed by atoms with E-state index in [0.717, 1.165) is 0 Å². The molecule has 0 amide bonds. The van der Waals surface area contributed by atoms with Crippen LogP contribution in [0, 0.1) is 0 Å². The van der Waals surface area contributed by atoms with Gasteiger partial charge in [0.05, 0.1) is 11.5 Å². The Morgan fingerprint density at radius 2 is 1.85 bits per heavy atom. The second kappa shape index (κ2) is 3.52. The molecule has 5 nitrogen and oxygen atoms in total. The third-order valence-corrected chi connectivity index (χ3v) is 4.57. The van der Waals surface area contributed by atoms with Crippen LogP contribution in [0.5, 0.6) is 0 Å². The standard InChI is InChI=1S/C6H12NO4PS/c8-5(9)6(7-12)1-3-13(10,11)4-2-6/h7H,1-4,12H2,(H,8,9). The number of carboxylic acids is 1. The molecule has 1 atom stereocenters. The number of rotatable bonds is 2. The van der Waals surface area contributed by atoms with Crippen molar-refractivity contribution < 1.29 is 18.3 Å². The number of carboxylic acid groups (broad SMARTS) is 1. The van der Waals surface area contributed by atoms with Crippen molar-refractivity contribution >= 4 is 25.2 Å². The minimum atomic E-state index is -3.01. The molecule has 2 N–H and O–H groups in total. The molecule has 0 radical (unpaired) electrons. The number of aliphatic carboxylic acids is 1. The SMILES string of the molecule is O=C(O)C1(NP)CCS(=O)(=O)CC1. The van der Waals surface area contributed by atoms with Gasteiger partial charge >= 0.3 is 5.97 Å². The lowest BCUT2D eigenvalue weighted by molar-refractivity contribution is -0.144. The Labute approximate surface area is 79.1 Å². The lowest BCUT2D eigenvalue weighted by Gasteiger charge is -2.32. The van der Waals surface area contributed by atoms with E-state index in [9.17, 15) is 13.2 Å². The molecular formula is C6H12NO4PS. The molecule has 1 aliphatic rings. The van der Waals surface area contributed by atoms with Gasteiger partial charge in [-0.25, -0.2) is 8.42 Å². The molecule has 7 heteroatoms. The van der Waals surface area contributed by atoms with Gasteiger partial charge in [0.2, 0.25) is 0 Å². The van der Waals surface area contributed by atoms with Crippen LogP contribution >= 0.6 is 9.39 Å². The molecule has 1 unspecified atom stereocenters. The average molecular weight is 225 g/mol. The number of hydrogen-bond acceptors (Lipinski definition) is 4. The molecule has 0 aromatic rings. The first kappa shape index (κ1) is 10.9. The molecule has 0 aromatic carbocycles. The van der Waals surface area contributed by atoms with Gasteiger partial charge in [0.1, 0.15) is 15.4 Å². The smallest absolute Gasteiger partial charge is 0.324 e. The van der Waals surface area contributed by atoms with Crippen molar-refractivity contribution in [1.82, 2.24) is 5.09 Å². The summed E-state index contributed by atoms with van der Waals surface area (Å²) >= 11 is 0. The Balaban J connectivity index is 2.81. The van der Waals surface area contributed by atoms with Crippen LogP contribution in [0.4, 0.5) is 0 Å². The number of sulfone groups is 1. The molecular weight excluding hydrogens is 213 g/mol. The van der Waals surface area contributed by atoms with E-state index in [-0.39, 0.29) is 24.3 Å². The van der Waals surface area contributed by atoms with E-state index < -0.39 is 21.3 Å². The van der Waals surface area contributed by atoms with Crippen molar-refractivity contribution in [2.24, 2.45) is 0 Å². The Bertz CT molecular complexity index is 299. The quantitative estimate of drug-likeness (QED) is 0.613. The van der Waals surface area contributed by atoms with Crippen molar-refractivity contribution in [2.75, 3.05) is 11.5 Å². The van der Waals surface area contributed by atoms with E-state index in [2.05, 4.69) is 14.5 Å². The highest BCUT2D eigenvalue weighted by Crippen LogP contribution is 2.25. The van der Waals surface area contributed by atoms with Gasteiger partial charge in [-0.1, -0.05) is 9.39 Å². The Morgan fingerprint density at radius 1 is 1.38 bits per heavy atom. The van der Waals surface area contributed by atoms with E-state index in [4.69, 9.17) is 5.11 Å². The zero-order chi connectivity index (χ0) is 10.1. The molecule has 0 aromatic heterocycles. The second-order valence-electron chi connectivity index (χ2n) is 3.18. The highest BCUT2D eigenvalue weighted by atomic mass is 32.2. The molecule has 1 saturated heterocycles. The average Bonchev–Trinajstić information content (AvgIpc) is 2.05. The first-order chi connectivity index (χ1) is 5.92. The van der Waals surface area contributed by atoms with Crippen molar-refractivity contribution in [3.63, 3.8) is 0 Å². The number of nitrogens with one attached hydrogen (secondary N) is 1. The summed E-state index contributed by atoms with van der Waals surface area (Å²) in [5, 5.41) is 11.5. The summed E-state index contributed by atoms with van der Waals surface area (Å²) in [6, 6.07) is 0. The second-order valence-corrected chi connectivity index (χ2v) is 5.78. The van der Waals surface area contributed by atoms with Crippen molar-refractivity contribution in [1.29, 1.82) is 0 Å². The van der Waals surface area contributed by atoms with Gasteiger partial charge in [-0.3, -0.25) is 9.88 Å². The highest BCUT2D eigenvalue weighted by Gasteiger charge is 2.42. The Hall–Kier alpha value is -0.190. The van der Waals surface area contributed by atoms with Gasteiger partial charge in [0.15, 0.2) is 0 Å². The summed E-state index contributed by atoms with van der Waals surface area (Å²) in [6.07, 6.45) is 0.266. The molecule has 0 bridgehead atoms. The zero-order valence-electron chi connectivity index (χ0n) is 6.99. The summed E-state index contributed by atoms with van der Waals surface area (Å²) in [4.78, 5) is 10.8. The molecule has 1 rings (SSSR count). The fourth-order valence-corrected chi connectivity index (χ4v) is 3.24. The molecule has 1 heterocycles. The molecule has 0 spiro atoms. The van der Waals surface area contributed by atoms with E-state index in [1.165, 1.54) is 0 Å². The largest absolute Gasteiger partial charge is 0.480 e. The van der Waals surface area contributed by atoms with Crippen LogP contribution in [-0.2, 0) is 14.6 Å². The lowest BCUT2D eigenvalue weighted by Crippen LogP contribution is -2.52.